The lowest BCUT2D eigenvalue weighted by atomic mass is 9.95. The number of carbonyl (C=O) groups excluding carboxylic acids is 2. The topological polar surface area (TPSA) is 95.9 Å². The van der Waals surface area contributed by atoms with Crippen molar-refractivity contribution in [2.75, 3.05) is 18.0 Å². The van der Waals surface area contributed by atoms with Gasteiger partial charge >= 0.3 is 12.1 Å². The molecule has 7 nitrogen and oxygen atoms in total. The van der Waals surface area contributed by atoms with Crippen LogP contribution in [0.4, 0.5) is 14.9 Å². The molecule has 1 saturated carbocycles. The Kier molecular flexibility index (Phi) is 3.90. The van der Waals surface area contributed by atoms with Gasteiger partial charge in [-0.2, -0.15) is 0 Å². The number of carboxylic acids is 1. The van der Waals surface area contributed by atoms with Crippen LogP contribution in [0.2, 0.25) is 0 Å². The number of nitrogens with one attached hydrogen (secondary N) is 1. The van der Waals surface area contributed by atoms with Crippen molar-refractivity contribution in [1.29, 1.82) is 0 Å². The van der Waals surface area contributed by atoms with E-state index in [0.29, 0.717) is 18.5 Å². The molecule has 0 spiro atoms. The van der Waals surface area contributed by atoms with Crippen molar-refractivity contribution in [3.8, 4) is 0 Å². The molecule has 8 heteroatoms. The second kappa shape index (κ2) is 5.77. The number of ether oxygens (including phenoxy) is 1. The van der Waals surface area contributed by atoms with Crippen LogP contribution in [0.3, 0.4) is 0 Å². The van der Waals surface area contributed by atoms with Crippen molar-refractivity contribution in [2.45, 2.75) is 31.3 Å². The monoisotopic (exact) mass is 336 g/mol. The van der Waals surface area contributed by atoms with Gasteiger partial charge < -0.3 is 15.2 Å². The maximum atomic E-state index is 14.4. The highest BCUT2D eigenvalue weighted by Gasteiger charge is 2.53. The number of carboxylic acid groups (broad SMARTS) is 1. The van der Waals surface area contributed by atoms with Crippen molar-refractivity contribution in [2.24, 2.45) is 0 Å². The molecular weight excluding hydrogens is 319 g/mol. The van der Waals surface area contributed by atoms with Crippen LogP contribution in [-0.4, -0.2) is 42.3 Å². The summed E-state index contributed by atoms with van der Waals surface area (Å²) in [5, 5.41) is 11.8. The Morgan fingerprint density at radius 3 is 2.71 bits per heavy atom. The van der Waals surface area contributed by atoms with Crippen molar-refractivity contribution in [1.82, 2.24) is 5.32 Å². The first-order valence-corrected chi connectivity index (χ1v) is 7.59. The molecule has 2 N–H and O–H groups in total. The van der Waals surface area contributed by atoms with Gasteiger partial charge in [0.25, 0.3) is 0 Å². The van der Waals surface area contributed by atoms with Crippen LogP contribution >= 0.6 is 0 Å². The van der Waals surface area contributed by atoms with E-state index < -0.39 is 29.4 Å². The van der Waals surface area contributed by atoms with E-state index >= 15 is 0 Å². The highest BCUT2D eigenvalue weighted by atomic mass is 19.1. The number of anilines is 1. The average molecular weight is 336 g/mol. The number of hydrogen-bond acceptors (Lipinski definition) is 4. The van der Waals surface area contributed by atoms with Gasteiger partial charge in [0.2, 0.25) is 5.91 Å². The Balaban J connectivity index is 1.76. The van der Waals surface area contributed by atoms with Crippen molar-refractivity contribution in [3.05, 3.63) is 29.6 Å². The van der Waals surface area contributed by atoms with E-state index in [0.717, 1.165) is 6.07 Å². The first-order valence-electron chi connectivity index (χ1n) is 7.59. The fraction of sp³-hybridized carbons (Fsp3) is 0.438. The molecule has 0 aromatic heterocycles. The van der Waals surface area contributed by atoms with Gasteiger partial charge in [-0.05, 0) is 25.0 Å². The highest BCUT2D eigenvalue weighted by molar-refractivity contribution is 5.90. The van der Waals surface area contributed by atoms with Crippen LogP contribution in [0.5, 0.6) is 0 Å². The molecule has 1 aromatic carbocycles. The summed E-state index contributed by atoms with van der Waals surface area (Å²) < 4.78 is 19.5. The largest absolute Gasteiger partial charge is 0.481 e. The highest BCUT2D eigenvalue weighted by Crippen LogP contribution is 2.49. The summed E-state index contributed by atoms with van der Waals surface area (Å²) in [6, 6.07) is 4.09. The quantitative estimate of drug-likeness (QED) is 0.847. The predicted molar refractivity (Wildman–Crippen MR) is 81.2 cm³/mol. The molecule has 128 valence electrons. The lowest BCUT2D eigenvalue weighted by molar-refractivity contribution is -0.140. The van der Waals surface area contributed by atoms with Gasteiger partial charge in [0.15, 0.2) is 0 Å². The van der Waals surface area contributed by atoms with E-state index in [-0.39, 0.29) is 24.6 Å². The van der Waals surface area contributed by atoms with Gasteiger partial charge in [-0.15, -0.1) is 0 Å². The molecule has 1 atom stereocenters. The summed E-state index contributed by atoms with van der Waals surface area (Å²) in [6.07, 6.45) is -0.332. The van der Waals surface area contributed by atoms with Gasteiger partial charge in [0.1, 0.15) is 11.9 Å². The first-order chi connectivity index (χ1) is 11.3. The molecule has 1 heterocycles. The van der Waals surface area contributed by atoms with Crippen molar-refractivity contribution >= 4 is 23.7 Å². The second-order valence-corrected chi connectivity index (χ2v) is 6.10. The predicted octanol–water partition coefficient (Wildman–Crippen LogP) is 1.40. The van der Waals surface area contributed by atoms with Crippen LogP contribution in [0.25, 0.3) is 0 Å². The van der Waals surface area contributed by atoms with E-state index in [4.69, 9.17) is 4.74 Å². The number of rotatable bonds is 5. The molecule has 2 amide bonds. The minimum atomic E-state index is -1.14. The first kappa shape index (κ1) is 16.2. The third kappa shape index (κ3) is 2.79. The minimum absolute atomic E-state index is 0.140. The van der Waals surface area contributed by atoms with Gasteiger partial charge in [0.05, 0.1) is 24.2 Å². The van der Waals surface area contributed by atoms with E-state index in [2.05, 4.69) is 5.32 Å². The number of halogens is 1. The Morgan fingerprint density at radius 2 is 2.17 bits per heavy atom. The molecule has 1 aromatic rings. The molecule has 0 unspecified atom stereocenters. The molecular formula is C16H17FN2O5. The number of benzene rings is 1. The summed E-state index contributed by atoms with van der Waals surface area (Å²) in [6.45, 7) is 1.72. The summed E-state index contributed by atoms with van der Waals surface area (Å²) in [7, 11) is 0. The molecule has 3 rings (SSSR count). The van der Waals surface area contributed by atoms with E-state index in [1.165, 1.54) is 24.0 Å². The zero-order valence-corrected chi connectivity index (χ0v) is 13.0. The van der Waals surface area contributed by atoms with Gasteiger partial charge in [-0.3, -0.25) is 14.5 Å². The summed E-state index contributed by atoms with van der Waals surface area (Å²) in [5.74, 6) is -1.92. The summed E-state index contributed by atoms with van der Waals surface area (Å²) >= 11 is 0. The zero-order valence-electron chi connectivity index (χ0n) is 13.0. The Labute approximate surface area is 137 Å². The standard InChI is InChI=1S/C16H17FN2O5/c1-9(20)18-7-11-8-19(15(23)24-11)10-2-3-12(13(17)6-10)16(4-5-16)14(21)22/h2-3,6,11H,4-5,7-8H2,1H3,(H,18,20)(H,21,22)/t11-/m0/s1. The Morgan fingerprint density at radius 1 is 1.46 bits per heavy atom. The Hall–Kier alpha value is -2.64. The lowest BCUT2D eigenvalue weighted by Crippen LogP contribution is -2.33. The number of aliphatic carboxylic acids is 1. The molecule has 0 bridgehead atoms. The third-order valence-corrected chi connectivity index (χ3v) is 4.39. The van der Waals surface area contributed by atoms with Crippen LogP contribution in [-0.2, 0) is 19.7 Å². The molecule has 1 aliphatic heterocycles. The molecule has 2 fully saturated rings. The number of nitrogens with zero attached hydrogens (tertiary/aromatic N) is 1. The average Bonchev–Trinajstić information content (AvgIpc) is 3.23. The maximum absolute atomic E-state index is 14.4. The fourth-order valence-electron chi connectivity index (χ4n) is 2.88. The maximum Gasteiger partial charge on any atom is 0.414 e. The number of cyclic esters (lactones) is 1. The van der Waals surface area contributed by atoms with E-state index in [1.54, 1.807) is 0 Å². The zero-order chi connectivity index (χ0) is 17.5. The third-order valence-electron chi connectivity index (χ3n) is 4.39. The normalized spacial score (nSPS) is 21.3. The van der Waals surface area contributed by atoms with Gasteiger partial charge in [-0.1, -0.05) is 6.07 Å². The molecule has 2 aliphatic rings. The second-order valence-electron chi connectivity index (χ2n) is 6.10. The number of carbonyl (C=O) groups is 3. The van der Waals surface area contributed by atoms with Gasteiger partial charge in [-0.25, -0.2) is 9.18 Å². The van der Waals surface area contributed by atoms with Crippen LogP contribution in [0, 0.1) is 5.82 Å². The number of hydrogen-bond donors (Lipinski definition) is 2. The molecule has 24 heavy (non-hydrogen) atoms. The Bertz CT molecular complexity index is 716. The van der Waals surface area contributed by atoms with E-state index in [9.17, 15) is 23.9 Å². The summed E-state index contributed by atoms with van der Waals surface area (Å²) in [5.41, 5.74) is -0.698. The fourth-order valence-corrected chi connectivity index (χ4v) is 2.88. The minimum Gasteiger partial charge on any atom is -0.481 e. The van der Waals surface area contributed by atoms with E-state index in [1.807, 2.05) is 0 Å². The van der Waals surface area contributed by atoms with Crippen LogP contribution in [0.15, 0.2) is 18.2 Å². The molecule has 1 saturated heterocycles. The van der Waals surface area contributed by atoms with Crippen molar-refractivity contribution in [3.63, 3.8) is 0 Å². The lowest BCUT2D eigenvalue weighted by Gasteiger charge is -2.16. The number of amides is 2. The smallest absolute Gasteiger partial charge is 0.414 e. The molecule has 1 aliphatic carbocycles. The molecule has 0 radical (unpaired) electrons. The summed E-state index contributed by atoms with van der Waals surface area (Å²) in [4.78, 5) is 35.4. The SMILES string of the molecule is CC(=O)NC[C@H]1CN(c2ccc(C3(C(=O)O)CC3)c(F)c2)C(=O)O1. The van der Waals surface area contributed by atoms with Gasteiger partial charge in [0, 0.05) is 12.5 Å². The van der Waals surface area contributed by atoms with Crippen molar-refractivity contribution < 1.29 is 28.6 Å². The van der Waals surface area contributed by atoms with Crippen LogP contribution < -0.4 is 10.2 Å². The van der Waals surface area contributed by atoms with Crippen LogP contribution in [0.1, 0.15) is 25.3 Å².